The maximum absolute atomic E-state index is 12.4. The highest BCUT2D eigenvalue weighted by Crippen LogP contribution is 2.05. The van der Waals surface area contributed by atoms with Crippen LogP contribution < -0.4 is 10.6 Å². The normalized spacial score (nSPS) is 11.5. The average Bonchev–Trinajstić information content (AvgIpc) is 2.63. The molecule has 0 saturated carbocycles. The van der Waals surface area contributed by atoms with Gasteiger partial charge in [0.2, 0.25) is 5.91 Å². The van der Waals surface area contributed by atoms with Crippen molar-refractivity contribution in [2.24, 2.45) is 0 Å². The van der Waals surface area contributed by atoms with Gasteiger partial charge in [0.25, 0.3) is 5.91 Å². The van der Waals surface area contributed by atoms with Crippen molar-refractivity contribution in [3.63, 3.8) is 0 Å². The maximum Gasteiger partial charge on any atom is 0.251 e. The number of methoxy groups -OCH3 is 1. The van der Waals surface area contributed by atoms with E-state index in [4.69, 9.17) is 4.74 Å². The minimum atomic E-state index is -0.642. The van der Waals surface area contributed by atoms with Gasteiger partial charge in [-0.2, -0.15) is 0 Å². The van der Waals surface area contributed by atoms with Gasteiger partial charge in [0.15, 0.2) is 0 Å². The second kappa shape index (κ2) is 9.47. The Kier molecular flexibility index (Phi) is 6.98. The van der Waals surface area contributed by atoms with Gasteiger partial charge in [-0.15, -0.1) is 0 Å². The Morgan fingerprint density at radius 1 is 1.00 bits per heavy atom. The third-order valence-electron chi connectivity index (χ3n) is 3.55. The summed E-state index contributed by atoms with van der Waals surface area (Å²) in [6, 6.07) is 17.8. The summed E-state index contributed by atoms with van der Waals surface area (Å²) in [5.41, 5.74) is 1.51. The summed E-state index contributed by atoms with van der Waals surface area (Å²) >= 11 is 0. The molecule has 1 atom stereocenters. The van der Waals surface area contributed by atoms with Crippen LogP contribution >= 0.6 is 0 Å². The minimum absolute atomic E-state index is 0.222. The number of hydrogen-bond acceptors (Lipinski definition) is 3. The summed E-state index contributed by atoms with van der Waals surface area (Å²) in [4.78, 5) is 24.8. The Labute approximate surface area is 142 Å². The van der Waals surface area contributed by atoms with E-state index < -0.39 is 6.04 Å². The van der Waals surface area contributed by atoms with Crippen LogP contribution in [0.1, 0.15) is 15.9 Å². The van der Waals surface area contributed by atoms with Gasteiger partial charge in [-0.05, 0) is 17.7 Å². The van der Waals surface area contributed by atoms with Crippen molar-refractivity contribution in [2.75, 3.05) is 20.3 Å². The third-order valence-corrected chi connectivity index (χ3v) is 3.55. The first kappa shape index (κ1) is 17.7. The van der Waals surface area contributed by atoms with Gasteiger partial charge in [-0.25, -0.2) is 0 Å². The molecule has 2 aromatic carbocycles. The van der Waals surface area contributed by atoms with Crippen molar-refractivity contribution in [3.8, 4) is 0 Å². The molecule has 2 amide bonds. The molecule has 0 aliphatic heterocycles. The van der Waals surface area contributed by atoms with Gasteiger partial charge < -0.3 is 15.4 Å². The molecule has 126 valence electrons. The second-order valence-corrected chi connectivity index (χ2v) is 5.37. The zero-order valence-corrected chi connectivity index (χ0v) is 13.7. The molecule has 0 aliphatic carbocycles. The highest BCUT2D eigenvalue weighted by Gasteiger charge is 2.21. The summed E-state index contributed by atoms with van der Waals surface area (Å²) in [6.45, 7) is 0.832. The fourth-order valence-corrected chi connectivity index (χ4v) is 2.29. The predicted molar refractivity (Wildman–Crippen MR) is 92.7 cm³/mol. The topological polar surface area (TPSA) is 67.4 Å². The van der Waals surface area contributed by atoms with Crippen molar-refractivity contribution < 1.29 is 14.3 Å². The van der Waals surface area contributed by atoms with E-state index in [0.29, 0.717) is 25.1 Å². The molecule has 2 aromatic rings. The number of benzene rings is 2. The van der Waals surface area contributed by atoms with E-state index in [1.54, 1.807) is 31.4 Å². The van der Waals surface area contributed by atoms with E-state index in [-0.39, 0.29) is 11.8 Å². The maximum atomic E-state index is 12.4. The molecule has 0 radical (unpaired) electrons. The van der Waals surface area contributed by atoms with Crippen LogP contribution in [0.5, 0.6) is 0 Å². The molecule has 5 nitrogen and oxygen atoms in total. The van der Waals surface area contributed by atoms with Crippen molar-refractivity contribution >= 4 is 11.8 Å². The highest BCUT2D eigenvalue weighted by molar-refractivity contribution is 5.97. The summed E-state index contributed by atoms with van der Waals surface area (Å²) in [6.07, 6.45) is 0.429. The fourth-order valence-electron chi connectivity index (χ4n) is 2.29. The zero-order valence-electron chi connectivity index (χ0n) is 13.7. The molecule has 2 N–H and O–H groups in total. The van der Waals surface area contributed by atoms with Crippen LogP contribution in [0, 0.1) is 0 Å². The third kappa shape index (κ3) is 5.52. The van der Waals surface area contributed by atoms with Crippen LogP contribution in [-0.2, 0) is 16.0 Å². The van der Waals surface area contributed by atoms with Crippen LogP contribution in [-0.4, -0.2) is 38.1 Å². The lowest BCUT2D eigenvalue weighted by atomic mass is 10.0. The number of nitrogens with one attached hydrogen (secondary N) is 2. The minimum Gasteiger partial charge on any atom is -0.383 e. The molecule has 5 heteroatoms. The van der Waals surface area contributed by atoms with Crippen molar-refractivity contribution in [1.82, 2.24) is 10.6 Å². The Balaban J connectivity index is 2.06. The first-order valence-electron chi connectivity index (χ1n) is 7.87. The molecule has 0 unspecified atom stereocenters. The SMILES string of the molecule is COCCNC(=O)[C@@H](Cc1ccccc1)NC(=O)c1ccccc1. The summed E-state index contributed by atoms with van der Waals surface area (Å²) in [5.74, 6) is -0.487. The van der Waals surface area contributed by atoms with Crippen LogP contribution in [0.4, 0.5) is 0 Å². The summed E-state index contributed by atoms with van der Waals surface area (Å²) in [7, 11) is 1.57. The van der Waals surface area contributed by atoms with Crippen LogP contribution in [0.25, 0.3) is 0 Å². The van der Waals surface area contributed by atoms with Gasteiger partial charge in [0.05, 0.1) is 6.61 Å². The smallest absolute Gasteiger partial charge is 0.251 e. The molecular formula is C19H22N2O3. The van der Waals surface area contributed by atoms with Crippen LogP contribution in [0.3, 0.4) is 0 Å². The molecule has 0 saturated heterocycles. The number of rotatable bonds is 8. The van der Waals surface area contributed by atoms with E-state index in [1.165, 1.54) is 0 Å². The first-order valence-corrected chi connectivity index (χ1v) is 7.87. The van der Waals surface area contributed by atoms with Crippen LogP contribution in [0.2, 0.25) is 0 Å². The van der Waals surface area contributed by atoms with E-state index in [9.17, 15) is 9.59 Å². The quantitative estimate of drug-likeness (QED) is 0.727. The highest BCUT2D eigenvalue weighted by atomic mass is 16.5. The van der Waals surface area contributed by atoms with E-state index in [2.05, 4.69) is 10.6 Å². The fraction of sp³-hybridized carbons (Fsp3) is 0.263. The van der Waals surface area contributed by atoms with Gasteiger partial charge in [0.1, 0.15) is 6.04 Å². The van der Waals surface area contributed by atoms with Crippen molar-refractivity contribution in [2.45, 2.75) is 12.5 Å². The molecule has 0 spiro atoms. The molecule has 0 aliphatic rings. The number of hydrogen-bond donors (Lipinski definition) is 2. The number of carbonyl (C=O) groups excluding carboxylic acids is 2. The number of ether oxygens (including phenoxy) is 1. The standard InChI is InChI=1S/C19H22N2O3/c1-24-13-12-20-19(23)17(14-15-8-4-2-5-9-15)21-18(22)16-10-6-3-7-11-16/h2-11,17H,12-14H2,1H3,(H,20,23)(H,21,22)/t17-/m1/s1. The van der Waals surface area contributed by atoms with Crippen LogP contribution in [0.15, 0.2) is 60.7 Å². The van der Waals surface area contributed by atoms with Gasteiger partial charge in [-0.3, -0.25) is 9.59 Å². The zero-order chi connectivity index (χ0) is 17.2. The Hall–Kier alpha value is -2.66. The lowest BCUT2D eigenvalue weighted by molar-refractivity contribution is -0.123. The molecule has 24 heavy (non-hydrogen) atoms. The van der Waals surface area contributed by atoms with E-state index in [1.807, 2.05) is 36.4 Å². The van der Waals surface area contributed by atoms with Gasteiger partial charge in [0, 0.05) is 25.6 Å². The molecule has 0 fully saturated rings. The van der Waals surface area contributed by atoms with E-state index >= 15 is 0 Å². The largest absolute Gasteiger partial charge is 0.383 e. The lowest BCUT2D eigenvalue weighted by Gasteiger charge is -2.18. The Bertz CT molecular complexity index is 644. The number of carbonyl (C=O) groups is 2. The predicted octanol–water partition coefficient (Wildman–Crippen LogP) is 1.79. The molecule has 0 heterocycles. The lowest BCUT2D eigenvalue weighted by Crippen LogP contribution is -2.48. The Morgan fingerprint density at radius 3 is 2.25 bits per heavy atom. The monoisotopic (exact) mass is 326 g/mol. The van der Waals surface area contributed by atoms with E-state index in [0.717, 1.165) is 5.56 Å². The van der Waals surface area contributed by atoms with Crippen molar-refractivity contribution in [3.05, 3.63) is 71.8 Å². The molecule has 0 bridgehead atoms. The average molecular weight is 326 g/mol. The summed E-state index contributed by atoms with van der Waals surface area (Å²) < 4.78 is 4.94. The molecule has 2 rings (SSSR count). The second-order valence-electron chi connectivity index (χ2n) is 5.37. The molecular weight excluding hydrogens is 304 g/mol. The number of amides is 2. The van der Waals surface area contributed by atoms with Gasteiger partial charge in [-0.1, -0.05) is 48.5 Å². The van der Waals surface area contributed by atoms with Crippen molar-refractivity contribution in [1.29, 1.82) is 0 Å². The van der Waals surface area contributed by atoms with Gasteiger partial charge >= 0.3 is 0 Å². The first-order chi connectivity index (χ1) is 11.7. The molecule has 0 aromatic heterocycles. The summed E-state index contributed by atoms with van der Waals surface area (Å²) in [5, 5.41) is 5.60. The Morgan fingerprint density at radius 2 is 1.62 bits per heavy atom.